The lowest BCUT2D eigenvalue weighted by Crippen LogP contribution is -2.47. The van der Waals surface area contributed by atoms with Crippen LogP contribution in [0.4, 0.5) is 24.9 Å². The third-order valence-electron chi connectivity index (χ3n) is 3.97. The van der Waals surface area contributed by atoms with E-state index in [9.17, 15) is 13.2 Å². The lowest BCUT2D eigenvalue weighted by Gasteiger charge is -2.35. The van der Waals surface area contributed by atoms with Gasteiger partial charge in [0.2, 0.25) is 5.95 Å². The molecule has 1 fully saturated rings. The molecule has 25 heavy (non-hydrogen) atoms. The molecule has 4 heterocycles. The molecule has 130 valence electrons. The van der Waals surface area contributed by atoms with E-state index >= 15 is 0 Å². The van der Waals surface area contributed by atoms with E-state index in [1.54, 1.807) is 9.42 Å². The number of halogens is 3. The number of hydrogen-bond acceptors (Lipinski definition) is 7. The van der Waals surface area contributed by atoms with Crippen LogP contribution in [0.25, 0.3) is 5.65 Å². The first-order valence-corrected chi connectivity index (χ1v) is 7.58. The van der Waals surface area contributed by atoms with Crippen molar-refractivity contribution in [2.75, 3.05) is 36.0 Å². The maximum atomic E-state index is 12.8. The van der Waals surface area contributed by atoms with E-state index in [4.69, 9.17) is 0 Å². The van der Waals surface area contributed by atoms with Crippen molar-refractivity contribution < 1.29 is 13.2 Å². The second kappa shape index (κ2) is 5.83. The van der Waals surface area contributed by atoms with Crippen LogP contribution in [0.2, 0.25) is 0 Å². The minimum atomic E-state index is -4.47. The van der Waals surface area contributed by atoms with Crippen LogP contribution in [0.3, 0.4) is 0 Å². The molecule has 3 aromatic rings. The van der Waals surface area contributed by atoms with Crippen LogP contribution < -0.4 is 9.80 Å². The van der Waals surface area contributed by atoms with Crippen molar-refractivity contribution in [1.82, 2.24) is 29.8 Å². The number of aromatic nitrogens is 6. The zero-order chi connectivity index (χ0) is 17.4. The van der Waals surface area contributed by atoms with Gasteiger partial charge in [-0.1, -0.05) is 0 Å². The van der Waals surface area contributed by atoms with E-state index in [0.29, 0.717) is 31.8 Å². The maximum Gasteiger partial charge on any atom is 0.433 e. The van der Waals surface area contributed by atoms with Crippen LogP contribution in [0.1, 0.15) is 5.69 Å². The van der Waals surface area contributed by atoms with Gasteiger partial charge < -0.3 is 9.80 Å². The van der Waals surface area contributed by atoms with Crippen molar-refractivity contribution in [1.29, 1.82) is 0 Å². The Morgan fingerprint density at radius 1 is 0.960 bits per heavy atom. The van der Waals surface area contributed by atoms with Crippen LogP contribution >= 0.6 is 0 Å². The highest BCUT2D eigenvalue weighted by molar-refractivity contribution is 5.46. The average molecular weight is 350 g/mol. The summed E-state index contributed by atoms with van der Waals surface area (Å²) in [5, 5.41) is 12.1. The van der Waals surface area contributed by atoms with Crippen molar-refractivity contribution in [3.05, 3.63) is 36.4 Å². The number of alkyl halides is 3. The molecule has 3 aromatic heterocycles. The molecule has 0 atom stereocenters. The summed E-state index contributed by atoms with van der Waals surface area (Å²) in [4.78, 5) is 11.4. The van der Waals surface area contributed by atoms with Gasteiger partial charge in [-0.3, -0.25) is 0 Å². The molecule has 0 aliphatic carbocycles. The fourth-order valence-corrected chi connectivity index (χ4v) is 2.68. The highest BCUT2D eigenvalue weighted by Gasteiger charge is 2.33. The maximum absolute atomic E-state index is 12.8. The lowest BCUT2D eigenvalue weighted by molar-refractivity contribution is -0.141. The molecule has 11 heteroatoms. The van der Waals surface area contributed by atoms with Gasteiger partial charge in [0.05, 0.1) is 0 Å². The van der Waals surface area contributed by atoms with E-state index in [1.165, 1.54) is 6.33 Å². The predicted octanol–water partition coefficient (Wildman–Crippen LogP) is 1.26. The summed E-state index contributed by atoms with van der Waals surface area (Å²) in [6.07, 6.45) is -1.82. The minimum absolute atomic E-state index is 0.0942. The Hall–Kier alpha value is -2.98. The number of piperazine rings is 1. The van der Waals surface area contributed by atoms with Gasteiger partial charge >= 0.3 is 6.18 Å². The van der Waals surface area contributed by atoms with Crippen molar-refractivity contribution >= 4 is 17.4 Å². The first-order chi connectivity index (χ1) is 12.0. The lowest BCUT2D eigenvalue weighted by atomic mass is 10.3. The Bertz CT molecular complexity index is 885. The Labute approximate surface area is 139 Å². The number of hydrogen-bond donors (Lipinski definition) is 0. The van der Waals surface area contributed by atoms with Gasteiger partial charge in [0.15, 0.2) is 5.65 Å². The summed E-state index contributed by atoms with van der Waals surface area (Å²) in [6, 6.07) is 4.54. The van der Waals surface area contributed by atoms with E-state index in [0.717, 1.165) is 18.1 Å². The van der Waals surface area contributed by atoms with Crippen molar-refractivity contribution in [2.24, 2.45) is 0 Å². The smallest absolute Gasteiger partial charge is 0.352 e. The molecule has 0 bridgehead atoms. The highest BCUT2D eigenvalue weighted by Crippen LogP contribution is 2.28. The molecule has 0 unspecified atom stereocenters. The van der Waals surface area contributed by atoms with E-state index in [2.05, 4.69) is 25.3 Å². The average Bonchev–Trinajstić information content (AvgIpc) is 3.09. The molecule has 0 saturated carbocycles. The van der Waals surface area contributed by atoms with Gasteiger partial charge in [-0.05, 0) is 18.2 Å². The minimum Gasteiger partial charge on any atom is -0.352 e. The number of fused-ring (bicyclic) bond motifs is 1. The van der Waals surface area contributed by atoms with Crippen LogP contribution in [0.5, 0.6) is 0 Å². The van der Waals surface area contributed by atoms with Crippen molar-refractivity contribution in [2.45, 2.75) is 6.18 Å². The summed E-state index contributed by atoms with van der Waals surface area (Å²) < 4.78 is 39.9. The molecule has 0 radical (unpaired) electrons. The second-order valence-electron chi connectivity index (χ2n) is 5.54. The molecule has 1 aliphatic rings. The topological polar surface area (TPSA) is 75.3 Å². The summed E-state index contributed by atoms with van der Waals surface area (Å²) in [5.74, 6) is 0.855. The van der Waals surface area contributed by atoms with Gasteiger partial charge in [0, 0.05) is 32.4 Å². The molecule has 4 rings (SSSR count). The van der Waals surface area contributed by atoms with Crippen LogP contribution in [0.15, 0.2) is 30.7 Å². The van der Waals surface area contributed by atoms with Gasteiger partial charge in [-0.25, -0.2) is 9.97 Å². The molecule has 1 aliphatic heterocycles. The Morgan fingerprint density at radius 3 is 2.48 bits per heavy atom. The summed E-state index contributed by atoms with van der Waals surface area (Å²) in [5.41, 5.74) is -0.278. The van der Waals surface area contributed by atoms with Crippen LogP contribution in [0, 0.1) is 0 Å². The molecule has 1 saturated heterocycles. The number of rotatable bonds is 2. The van der Waals surface area contributed by atoms with Gasteiger partial charge in [0.25, 0.3) is 0 Å². The standard InChI is InChI=1S/C14H13F3N8/c15-14(16,17)10-3-4-18-13(20-10)24-7-5-23(6-8-24)12-2-1-11-21-19-9-25(11)22-12/h1-4,9H,5-8H2. The van der Waals surface area contributed by atoms with E-state index in [-0.39, 0.29) is 5.95 Å². The zero-order valence-corrected chi connectivity index (χ0v) is 12.9. The van der Waals surface area contributed by atoms with Gasteiger partial charge in [-0.2, -0.15) is 17.7 Å². The molecule has 0 aromatic carbocycles. The molecular formula is C14H13F3N8. The van der Waals surface area contributed by atoms with Gasteiger partial charge in [-0.15, -0.1) is 15.3 Å². The fraction of sp³-hybridized carbons (Fsp3) is 0.357. The normalized spacial score (nSPS) is 15.8. The summed E-state index contributed by atoms with van der Waals surface area (Å²) in [7, 11) is 0. The number of nitrogens with zero attached hydrogens (tertiary/aromatic N) is 8. The fourth-order valence-electron chi connectivity index (χ4n) is 2.68. The quantitative estimate of drug-likeness (QED) is 0.689. The summed E-state index contributed by atoms with van der Waals surface area (Å²) >= 11 is 0. The van der Waals surface area contributed by atoms with Crippen LogP contribution in [-0.4, -0.2) is 56.0 Å². The Morgan fingerprint density at radius 2 is 1.72 bits per heavy atom. The molecule has 0 N–H and O–H groups in total. The van der Waals surface area contributed by atoms with E-state index in [1.807, 2.05) is 17.0 Å². The third kappa shape index (κ3) is 3.04. The molecule has 8 nitrogen and oxygen atoms in total. The second-order valence-corrected chi connectivity index (χ2v) is 5.54. The zero-order valence-electron chi connectivity index (χ0n) is 12.9. The molecular weight excluding hydrogens is 337 g/mol. The monoisotopic (exact) mass is 350 g/mol. The Balaban J connectivity index is 1.48. The first-order valence-electron chi connectivity index (χ1n) is 7.58. The first kappa shape index (κ1) is 15.5. The van der Waals surface area contributed by atoms with Crippen molar-refractivity contribution in [3.63, 3.8) is 0 Å². The molecule has 0 spiro atoms. The van der Waals surface area contributed by atoms with Gasteiger partial charge in [0.1, 0.15) is 17.8 Å². The summed E-state index contributed by atoms with van der Waals surface area (Å²) in [6.45, 7) is 2.20. The predicted molar refractivity (Wildman–Crippen MR) is 82.2 cm³/mol. The SMILES string of the molecule is FC(F)(F)c1ccnc(N2CCN(c3ccc4nncn4n3)CC2)n1. The molecule has 0 amide bonds. The highest BCUT2D eigenvalue weighted by atomic mass is 19.4. The van der Waals surface area contributed by atoms with Crippen LogP contribution in [-0.2, 0) is 6.18 Å². The largest absolute Gasteiger partial charge is 0.433 e. The van der Waals surface area contributed by atoms with E-state index < -0.39 is 11.9 Å². The van der Waals surface area contributed by atoms with Crippen molar-refractivity contribution in [3.8, 4) is 0 Å². The third-order valence-corrected chi connectivity index (χ3v) is 3.97. The number of anilines is 2. The Kier molecular flexibility index (Phi) is 3.62.